The van der Waals surface area contributed by atoms with Gasteiger partial charge in [-0.15, -0.1) is 11.3 Å². The summed E-state index contributed by atoms with van der Waals surface area (Å²) in [6.45, 7) is 3.09. The molecule has 0 unspecified atom stereocenters. The summed E-state index contributed by atoms with van der Waals surface area (Å²) < 4.78 is 0. The van der Waals surface area contributed by atoms with E-state index in [1.807, 2.05) is 18.8 Å². The van der Waals surface area contributed by atoms with Crippen LogP contribution in [0.5, 0.6) is 0 Å². The molecule has 4 heteroatoms. The summed E-state index contributed by atoms with van der Waals surface area (Å²) in [5.41, 5.74) is 1.17. The normalized spacial score (nSPS) is 10.6. The smallest absolute Gasteiger partial charge is 0.103 e. The minimum atomic E-state index is 0.884. The molecule has 0 atom stereocenters. The Morgan fingerprint density at radius 2 is 2.46 bits per heavy atom. The molecule has 0 aliphatic rings. The molecule has 0 aliphatic heterocycles. The van der Waals surface area contributed by atoms with Crippen molar-refractivity contribution in [3.63, 3.8) is 0 Å². The van der Waals surface area contributed by atoms with Crippen molar-refractivity contribution in [2.75, 3.05) is 12.8 Å². The molecule has 1 heterocycles. The summed E-state index contributed by atoms with van der Waals surface area (Å²) in [6, 6.07) is 0. The Morgan fingerprint density at radius 3 is 3.15 bits per heavy atom. The van der Waals surface area contributed by atoms with Crippen LogP contribution in [0.15, 0.2) is 5.38 Å². The molecule has 1 aromatic rings. The number of hydrogen-bond donors (Lipinski definition) is 1. The zero-order valence-corrected chi connectivity index (χ0v) is 9.80. The molecule has 1 rings (SSSR count). The van der Waals surface area contributed by atoms with Crippen molar-refractivity contribution in [3.05, 3.63) is 16.1 Å². The van der Waals surface area contributed by atoms with Crippen LogP contribution in [0.4, 0.5) is 0 Å². The van der Waals surface area contributed by atoms with Crippen LogP contribution in [-0.2, 0) is 12.3 Å². The van der Waals surface area contributed by atoms with E-state index in [0.717, 1.165) is 12.3 Å². The zero-order valence-electron chi connectivity index (χ0n) is 8.17. The van der Waals surface area contributed by atoms with E-state index in [1.54, 1.807) is 11.3 Å². The van der Waals surface area contributed by atoms with Crippen molar-refractivity contribution in [1.29, 1.82) is 0 Å². The lowest BCUT2D eigenvalue weighted by Gasteiger charge is -1.94. The van der Waals surface area contributed by atoms with Crippen LogP contribution in [-0.4, -0.2) is 17.8 Å². The Morgan fingerprint density at radius 1 is 1.62 bits per heavy atom. The number of hydrogen-bond acceptors (Lipinski definition) is 4. The molecule has 0 aliphatic carbocycles. The van der Waals surface area contributed by atoms with Crippen LogP contribution < -0.4 is 5.32 Å². The SMILES string of the molecule is CCCSCc1nc(CNC)cs1. The lowest BCUT2D eigenvalue weighted by Crippen LogP contribution is -2.05. The van der Waals surface area contributed by atoms with Gasteiger partial charge in [-0.1, -0.05) is 6.92 Å². The summed E-state index contributed by atoms with van der Waals surface area (Å²) in [7, 11) is 1.95. The molecule has 1 N–H and O–H groups in total. The van der Waals surface area contributed by atoms with Gasteiger partial charge < -0.3 is 5.32 Å². The highest BCUT2D eigenvalue weighted by molar-refractivity contribution is 7.98. The Kier molecular flexibility index (Phi) is 5.43. The highest BCUT2D eigenvalue weighted by atomic mass is 32.2. The van der Waals surface area contributed by atoms with E-state index in [-0.39, 0.29) is 0 Å². The molecule has 0 spiro atoms. The molecule has 0 bridgehead atoms. The maximum Gasteiger partial charge on any atom is 0.103 e. The molecule has 1 aromatic heterocycles. The van der Waals surface area contributed by atoms with Crippen molar-refractivity contribution in [2.24, 2.45) is 0 Å². The van der Waals surface area contributed by atoms with Gasteiger partial charge in [0.15, 0.2) is 0 Å². The molecule has 0 saturated heterocycles. The first-order valence-corrected chi connectivity index (χ1v) is 6.56. The van der Waals surface area contributed by atoms with Gasteiger partial charge in [0.2, 0.25) is 0 Å². The molecule has 2 nitrogen and oxygen atoms in total. The third kappa shape index (κ3) is 4.11. The molecule has 0 fully saturated rings. The Bertz CT molecular complexity index is 235. The lowest BCUT2D eigenvalue weighted by atomic mass is 10.5. The molecule has 0 amide bonds. The van der Waals surface area contributed by atoms with Crippen LogP contribution in [0.1, 0.15) is 24.0 Å². The first-order chi connectivity index (χ1) is 6.36. The number of nitrogens with zero attached hydrogens (tertiary/aromatic N) is 1. The number of aromatic nitrogens is 1. The minimum absolute atomic E-state index is 0.884. The number of thioether (sulfide) groups is 1. The number of thiazole rings is 1. The van der Waals surface area contributed by atoms with Gasteiger partial charge in [0.1, 0.15) is 5.01 Å². The molecule has 74 valence electrons. The van der Waals surface area contributed by atoms with Crippen molar-refractivity contribution < 1.29 is 0 Å². The maximum atomic E-state index is 4.51. The van der Waals surface area contributed by atoms with Gasteiger partial charge in [-0.25, -0.2) is 4.98 Å². The summed E-state index contributed by atoms with van der Waals surface area (Å²) in [5.74, 6) is 2.31. The summed E-state index contributed by atoms with van der Waals surface area (Å²) in [5, 5.41) is 6.49. The van der Waals surface area contributed by atoms with Crippen molar-refractivity contribution >= 4 is 23.1 Å². The van der Waals surface area contributed by atoms with E-state index >= 15 is 0 Å². The lowest BCUT2D eigenvalue weighted by molar-refractivity contribution is 0.794. The highest BCUT2D eigenvalue weighted by Gasteiger charge is 2.00. The molecule has 0 radical (unpaired) electrons. The second-order valence-electron chi connectivity index (χ2n) is 2.82. The number of rotatable bonds is 6. The predicted octanol–water partition coefficient (Wildman–Crippen LogP) is 2.51. The van der Waals surface area contributed by atoms with Crippen LogP contribution in [0, 0.1) is 0 Å². The van der Waals surface area contributed by atoms with E-state index < -0.39 is 0 Å². The molecule has 0 saturated carbocycles. The monoisotopic (exact) mass is 216 g/mol. The average molecular weight is 216 g/mol. The van der Waals surface area contributed by atoms with Gasteiger partial charge in [0, 0.05) is 17.7 Å². The zero-order chi connectivity index (χ0) is 9.52. The third-order valence-electron chi connectivity index (χ3n) is 1.53. The van der Waals surface area contributed by atoms with E-state index in [1.165, 1.54) is 22.9 Å². The minimum Gasteiger partial charge on any atom is -0.314 e. The topological polar surface area (TPSA) is 24.9 Å². The van der Waals surface area contributed by atoms with Crippen LogP contribution in [0.25, 0.3) is 0 Å². The first-order valence-electron chi connectivity index (χ1n) is 4.52. The third-order valence-corrected chi connectivity index (χ3v) is 3.79. The second kappa shape index (κ2) is 6.40. The van der Waals surface area contributed by atoms with Gasteiger partial charge in [0.25, 0.3) is 0 Å². The largest absolute Gasteiger partial charge is 0.314 e. The van der Waals surface area contributed by atoms with Crippen LogP contribution in [0.3, 0.4) is 0 Å². The quantitative estimate of drug-likeness (QED) is 0.740. The Balaban J connectivity index is 2.31. The van der Waals surface area contributed by atoms with E-state index in [2.05, 4.69) is 22.6 Å². The molecular formula is C9H16N2S2. The standard InChI is InChI=1S/C9H16N2S2/c1-3-4-12-7-9-11-8(5-10-2)6-13-9/h6,10H,3-5,7H2,1-2H3. The van der Waals surface area contributed by atoms with Gasteiger partial charge in [-0.2, -0.15) is 11.8 Å². The predicted molar refractivity (Wildman–Crippen MR) is 61.3 cm³/mol. The molecule has 13 heavy (non-hydrogen) atoms. The van der Waals surface area contributed by atoms with Crippen LogP contribution in [0.2, 0.25) is 0 Å². The van der Waals surface area contributed by atoms with Crippen LogP contribution >= 0.6 is 23.1 Å². The first kappa shape index (κ1) is 11.0. The van der Waals surface area contributed by atoms with E-state index in [0.29, 0.717) is 0 Å². The molecule has 0 aromatic carbocycles. The van der Waals surface area contributed by atoms with Gasteiger partial charge in [0.05, 0.1) is 5.69 Å². The van der Waals surface area contributed by atoms with Crippen molar-refractivity contribution in [3.8, 4) is 0 Å². The number of nitrogens with one attached hydrogen (secondary N) is 1. The fraction of sp³-hybridized carbons (Fsp3) is 0.667. The Hall–Kier alpha value is -0.0600. The van der Waals surface area contributed by atoms with Gasteiger partial charge >= 0.3 is 0 Å². The summed E-state index contributed by atoms with van der Waals surface area (Å²) >= 11 is 3.73. The highest BCUT2D eigenvalue weighted by Crippen LogP contribution is 2.17. The fourth-order valence-electron chi connectivity index (χ4n) is 0.981. The van der Waals surface area contributed by atoms with E-state index in [9.17, 15) is 0 Å². The molecular weight excluding hydrogens is 200 g/mol. The van der Waals surface area contributed by atoms with Crippen molar-refractivity contribution in [2.45, 2.75) is 25.6 Å². The van der Waals surface area contributed by atoms with Crippen molar-refractivity contribution in [1.82, 2.24) is 10.3 Å². The van der Waals surface area contributed by atoms with E-state index in [4.69, 9.17) is 0 Å². The van der Waals surface area contributed by atoms with Gasteiger partial charge in [-0.3, -0.25) is 0 Å². The average Bonchev–Trinajstić information content (AvgIpc) is 2.54. The van der Waals surface area contributed by atoms with Gasteiger partial charge in [-0.05, 0) is 19.2 Å². The fourth-order valence-corrected chi connectivity index (χ4v) is 2.75. The maximum absolute atomic E-state index is 4.51. The summed E-state index contributed by atoms with van der Waals surface area (Å²) in [6.07, 6.45) is 1.25. The second-order valence-corrected chi connectivity index (χ2v) is 4.86. The summed E-state index contributed by atoms with van der Waals surface area (Å²) in [4.78, 5) is 4.51. The Labute approximate surface area is 88.2 Å².